The molecular formula is C10H12N4. The summed E-state index contributed by atoms with van der Waals surface area (Å²) >= 11 is 0. The van der Waals surface area contributed by atoms with Gasteiger partial charge >= 0.3 is 0 Å². The highest BCUT2D eigenvalue weighted by atomic mass is 15.2. The molecule has 1 aliphatic heterocycles. The van der Waals surface area contributed by atoms with Crippen molar-refractivity contribution in [1.29, 1.82) is 5.26 Å². The lowest BCUT2D eigenvalue weighted by atomic mass is 10.0. The van der Waals surface area contributed by atoms with Gasteiger partial charge in [0.1, 0.15) is 5.82 Å². The van der Waals surface area contributed by atoms with Gasteiger partial charge in [0, 0.05) is 25.8 Å². The zero-order chi connectivity index (χ0) is 9.97. The van der Waals surface area contributed by atoms with Gasteiger partial charge in [-0.2, -0.15) is 5.26 Å². The Morgan fingerprint density at radius 1 is 1.57 bits per heavy atom. The average Bonchev–Trinajstić information content (AvgIpc) is 2.13. The molecule has 1 aromatic heterocycles. The van der Waals surface area contributed by atoms with Gasteiger partial charge in [-0.05, 0) is 11.6 Å². The van der Waals surface area contributed by atoms with Crippen LogP contribution < -0.4 is 5.73 Å². The summed E-state index contributed by atoms with van der Waals surface area (Å²) in [5.74, 6) is 0.768. The molecular weight excluding hydrogens is 176 g/mol. The van der Waals surface area contributed by atoms with E-state index in [2.05, 4.69) is 16.0 Å². The van der Waals surface area contributed by atoms with Crippen LogP contribution in [-0.4, -0.2) is 23.0 Å². The molecule has 0 atom stereocenters. The SMILES string of the molecule is N#CC1CN(Cc2ccc(N)nc2)C1. The van der Waals surface area contributed by atoms with Gasteiger partial charge in [0.25, 0.3) is 0 Å². The number of nitrogens with zero attached hydrogens (tertiary/aromatic N) is 3. The minimum Gasteiger partial charge on any atom is -0.384 e. The van der Waals surface area contributed by atoms with Crippen molar-refractivity contribution in [2.75, 3.05) is 18.8 Å². The van der Waals surface area contributed by atoms with E-state index in [1.165, 1.54) is 0 Å². The normalized spacial score (nSPS) is 17.4. The van der Waals surface area contributed by atoms with E-state index in [1.54, 1.807) is 12.3 Å². The highest BCUT2D eigenvalue weighted by molar-refractivity contribution is 5.29. The summed E-state index contributed by atoms with van der Waals surface area (Å²) in [6.07, 6.45) is 1.79. The second-order valence-corrected chi connectivity index (χ2v) is 3.61. The average molecular weight is 188 g/mol. The Bertz CT molecular complexity index is 345. The lowest BCUT2D eigenvalue weighted by Gasteiger charge is -2.35. The van der Waals surface area contributed by atoms with Crippen LogP contribution in [-0.2, 0) is 6.54 Å². The van der Waals surface area contributed by atoms with Gasteiger partial charge in [0.2, 0.25) is 0 Å². The van der Waals surface area contributed by atoms with E-state index in [1.807, 2.05) is 6.07 Å². The van der Waals surface area contributed by atoms with Crippen LogP contribution in [0.15, 0.2) is 18.3 Å². The summed E-state index contributed by atoms with van der Waals surface area (Å²) in [5.41, 5.74) is 6.63. The van der Waals surface area contributed by atoms with E-state index in [-0.39, 0.29) is 5.92 Å². The molecule has 0 unspecified atom stereocenters. The third-order valence-corrected chi connectivity index (χ3v) is 2.39. The summed E-state index contributed by atoms with van der Waals surface area (Å²) < 4.78 is 0. The number of anilines is 1. The number of likely N-dealkylation sites (tertiary alicyclic amines) is 1. The van der Waals surface area contributed by atoms with E-state index < -0.39 is 0 Å². The number of nitriles is 1. The van der Waals surface area contributed by atoms with Gasteiger partial charge in [-0.3, -0.25) is 4.90 Å². The van der Waals surface area contributed by atoms with Crippen molar-refractivity contribution >= 4 is 5.82 Å². The first-order valence-corrected chi connectivity index (χ1v) is 4.60. The first kappa shape index (κ1) is 8.97. The first-order chi connectivity index (χ1) is 6.78. The molecule has 0 amide bonds. The molecule has 4 heteroatoms. The molecule has 1 aromatic rings. The van der Waals surface area contributed by atoms with Gasteiger partial charge in [0.05, 0.1) is 12.0 Å². The summed E-state index contributed by atoms with van der Waals surface area (Å²) in [6, 6.07) is 6.03. The largest absolute Gasteiger partial charge is 0.384 e. The van der Waals surface area contributed by atoms with Crippen LogP contribution in [0.3, 0.4) is 0 Å². The van der Waals surface area contributed by atoms with Gasteiger partial charge in [-0.15, -0.1) is 0 Å². The van der Waals surface area contributed by atoms with E-state index in [0.29, 0.717) is 5.82 Å². The van der Waals surface area contributed by atoms with Crippen molar-refractivity contribution in [3.63, 3.8) is 0 Å². The van der Waals surface area contributed by atoms with Gasteiger partial charge in [-0.1, -0.05) is 6.07 Å². The molecule has 14 heavy (non-hydrogen) atoms. The van der Waals surface area contributed by atoms with Crippen molar-refractivity contribution in [3.8, 4) is 6.07 Å². The molecule has 4 nitrogen and oxygen atoms in total. The van der Waals surface area contributed by atoms with E-state index in [4.69, 9.17) is 11.0 Å². The summed E-state index contributed by atoms with van der Waals surface area (Å²) in [4.78, 5) is 6.24. The number of hydrogen-bond donors (Lipinski definition) is 1. The second-order valence-electron chi connectivity index (χ2n) is 3.61. The quantitative estimate of drug-likeness (QED) is 0.738. The van der Waals surface area contributed by atoms with Crippen LogP contribution in [0.2, 0.25) is 0 Å². The highest BCUT2D eigenvalue weighted by Gasteiger charge is 2.25. The van der Waals surface area contributed by atoms with Gasteiger partial charge in [0.15, 0.2) is 0 Å². The molecule has 0 radical (unpaired) electrons. The van der Waals surface area contributed by atoms with Crippen molar-refractivity contribution in [2.45, 2.75) is 6.54 Å². The zero-order valence-corrected chi connectivity index (χ0v) is 7.85. The summed E-state index contributed by atoms with van der Waals surface area (Å²) in [6.45, 7) is 2.62. The predicted octanol–water partition coefficient (Wildman–Crippen LogP) is 0.619. The Morgan fingerprint density at radius 2 is 2.36 bits per heavy atom. The van der Waals surface area contributed by atoms with Gasteiger partial charge < -0.3 is 5.73 Å². The molecule has 2 N–H and O–H groups in total. The number of pyridine rings is 1. The molecule has 1 aliphatic rings. The van der Waals surface area contributed by atoms with Crippen LogP contribution in [0.5, 0.6) is 0 Å². The standard InChI is InChI=1S/C10H12N4/c11-3-9-6-14(7-9)5-8-1-2-10(12)13-4-8/h1-2,4,9H,5-7H2,(H2,12,13). The predicted molar refractivity (Wildman–Crippen MR) is 53.0 cm³/mol. The minimum atomic E-state index is 0.219. The molecule has 0 saturated carbocycles. The fourth-order valence-electron chi connectivity index (χ4n) is 1.57. The zero-order valence-electron chi connectivity index (χ0n) is 7.85. The van der Waals surface area contributed by atoms with E-state index in [0.717, 1.165) is 25.2 Å². The summed E-state index contributed by atoms with van der Waals surface area (Å²) in [5, 5.41) is 8.60. The highest BCUT2D eigenvalue weighted by Crippen LogP contribution is 2.17. The van der Waals surface area contributed by atoms with Crippen LogP contribution in [0.25, 0.3) is 0 Å². The van der Waals surface area contributed by atoms with E-state index >= 15 is 0 Å². The monoisotopic (exact) mass is 188 g/mol. The number of hydrogen-bond acceptors (Lipinski definition) is 4. The maximum Gasteiger partial charge on any atom is 0.123 e. The van der Waals surface area contributed by atoms with Crippen LogP contribution in [0.1, 0.15) is 5.56 Å². The second kappa shape index (κ2) is 3.64. The van der Waals surface area contributed by atoms with Gasteiger partial charge in [-0.25, -0.2) is 4.98 Å². The number of aromatic nitrogens is 1. The Kier molecular flexibility index (Phi) is 2.33. The molecule has 72 valence electrons. The number of nitrogens with two attached hydrogens (primary N) is 1. The molecule has 0 aliphatic carbocycles. The Hall–Kier alpha value is -1.60. The van der Waals surface area contributed by atoms with Crippen molar-refractivity contribution in [2.24, 2.45) is 5.92 Å². The smallest absolute Gasteiger partial charge is 0.123 e. The molecule has 1 saturated heterocycles. The maximum atomic E-state index is 8.60. The molecule has 1 fully saturated rings. The Labute approximate surface area is 83.0 Å². The van der Waals surface area contributed by atoms with Crippen molar-refractivity contribution in [3.05, 3.63) is 23.9 Å². The molecule has 0 bridgehead atoms. The fourth-order valence-corrected chi connectivity index (χ4v) is 1.57. The van der Waals surface area contributed by atoms with E-state index in [9.17, 15) is 0 Å². The lowest BCUT2D eigenvalue weighted by molar-refractivity contribution is 0.126. The first-order valence-electron chi connectivity index (χ1n) is 4.60. The third kappa shape index (κ3) is 1.83. The summed E-state index contributed by atoms with van der Waals surface area (Å²) in [7, 11) is 0. The topological polar surface area (TPSA) is 65.9 Å². The Morgan fingerprint density at radius 3 is 2.93 bits per heavy atom. The van der Waals surface area contributed by atoms with Crippen LogP contribution in [0, 0.1) is 17.2 Å². The minimum absolute atomic E-state index is 0.219. The van der Waals surface area contributed by atoms with Crippen molar-refractivity contribution in [1.82, 2.24) is 9.88 Å². The molecule has 2 heterocycles. The lowest BCUT2D eigenvalue weighted by Crippen LogP contribution is -2.45. The molecule has 0 aromatic carbocycles. The molecule has 0 spiro atoms. The fraction of sp³-hybridized carbons (Fsp3) is 0.400. The Balaban J connectivity index is 1.88. The number of nitrogen functional groups attached to an aromatic ring is 1. The van der Waals surface area contributed by atoms with Crippen molar-refractivity contribution < 1.29 is 0 Å². The number of rotatable bonds is 2. The maximum absolute atomic E-state index is 8.60. The molecule has 2 rings (SSSR count). The van der Waals surface area contributed by atoms with Crippen LogP contribution in [0.4, 0.5) is 5.82 Å². The third-order valence-electron chi connectivity index (χ3n) is 2.39. The van der Waals surface area contributed by atoms with Crippen LogP contribution >= 0.6 is 0 Å².